The first-order chi connectivity index (χ1) is 11.4. The van der Waals surface area contributed by atoms with Crippen LogP contribution in [-0.2, 0) is 10.2 Å². The average Bonchev–Trinajstić information content (AvgIpc) is 2.89. The summed E-state index contributed by atoms with van der Waals surface area (Å²) in [5, 5.41) is 10.9. The summed E-state index contributed by atoms with van der Waals surface area (Å²) < 4.78 is 24.1. The van der Waals surface area contributed by atoms with Crippen molar-refractivity contribution < 1.29 is 18.3 Å². The number of hydrogen-bond donors (Lipinski definition) is 1. The van der Waals surface area contributed by atoms with E-state index in [1.807, 2.05) is 0 Å². The van der Waals surface area contributed by atoms with Crippen LogP contribution >= 0.6 is 11.6 Å². The lowest BCUT2D eigenvalue weighted by Crippen LogP contribution is -2.77. The Balaban J connectivity index is 1.29. The monoisotopic (exact) mass is 351 g/mol. The van der Waals surface area contributed by atoms with E-state index in [-0.39, 0.29) is 34.2 Å². The molecule has 1 aromatic heterocycles. The van der Waals surface area contributed by atoms with Crippen LogP contribution in [0.15, 0.2) is 22.6 Å². The number of ether oxygens (including phenoxy) is 1. The van der Waals surface area contributed by atoms with Gasteiger partial charge in [-0.25, -0.2) is 4.39 Å². The van der Waals surface area contributed by atoms with E-state index in [0.717, 1.165) is 25.3 Å². The molecular weight excluding hydrogens is 337 g/mol. The van der Waals surface area contributed by atoms with Gasteiger partial charge >= 0.3 is 0 Å². The van der Waals surface area contributed by atoms with Gasteiger partial charge in [0.25, 0.3) is 5.91 Å². The van der Waals surface area contributed by atoms with E-state index in [1.54, 1.807) is 6.92 Å². The number of aromatic nitrogens is 2. The molecular formula is C16H15ClFN3O3. The first kappa shape index (κ1) is 15.4. The number of carbonyl (C=O) groups excluding carboxylic acids is 1. The maximum atomic E-state index is 13.3. The van der Waals surface area contributed by atoms with Gasteiger partial charge in [-0.05, 0) is 31.4 Å². The number of hydrogen-bond acceptors (Lipinski definition) is 5. The van der Waals surface area contributed by atoms with Crippen molar-refractivity contribution in [2.24, 2.45) is 0 Å². The highest BCUT2D eigenvalue weighted by Gasteiger charge is 2.71. The Bertz CT molecular complexity index is 803. The maximum Gasteiger partial charge on any atom is 0.258 e. The smallest absolute Gasteiger partial charge is 0.258 e. The Labute approximate surface area is 142 Å². The summed E-state index contributed by atoms with van der Waals surface area (Å²) in [6.07, 6.45) is 2.38. The van der Waals surface area contributed by atoms with Crippen molar-refractivity contribution in [3.05, 3.63) is 40.8 Å². The largest absolute Gasteiger partial charge is 0.484 e. The van der Waals surface area contributed by atoms with Gasteiger partial charge in [-0.3, -0.25) is 4.79 Å². The second-order valence-electron chi connectivity index (χ2n) is 6.63. The van der Waals surface area contributed by atoms with Crippen molar-refractivity contribution in [1.29, 1.82) is 0 Å². The standard InChI is InChI=1S/C16H15ClFN3O3/c1-9-20-21-14(24-9)15-6-16(7-15,8-15)19-13(22)5-23-10-2-3-11(17)12(18)4-10/h2-4H,5-8H2,1H3,(H,19,22). The van der Waals surface area contributed by atoms with Crippen molar-refractivity contribution in [3.8, 4) is 5.75 Å². The molecule has 1 aromatic carbocycles. The van der Waals surface area contributed by atoms with Gasteiger partial charge in [0.1, 0.15) is 11.6 Å². The molecule has 3 saturated carbocycles. The predicted octanol–water partition coefficient (Wildman–Crippen LogP) is 2.54. The molecule has 1 N–H and O–H groups in total. The van der Waals surface area contributed by atoms with E-state index < -0.39 is 5.82 Å². The summed E-state index contributed by atoms with van der Waals surface area (Å²) in [4.78, 5) is 12.0. The number of benzene rings is 1. The molecule has 3 aliphatic carbocycles. The van der Waals surface area contributed by atoms with Gasteiger partial charge in [-0.2, -0.15) is 0 Å². The highest BCUT2D eigenvalue weighted by molar-refractivity contribution is 6.30. The molecule has 0 atom stereocenters. The predicted molar refractivity (Wildman–Crippen MR) is 82.3 cm³/mol. The maximum absolute atomic E-state index is 13.3. The van der Waals surface area contributed by atoms with Crippen LogP contribution in [0.4, 0.5) is 4.39 Å². The fourth-order valence-electron chi connectivity index (χ4n) is 3.71. The third kappa shape index (κ3) is 2.43. The SMILES string of the molecule is Cc1nnc(C23CC(NC(=O)COc4ccc(Cl)c(F)c4)(C2)C3)o1. The minimum Gasteiger partial charge on any atom is -0.484 e. The summed E-state index contributed by atoms with van der Waals surface area (Å²) in [6, 6.07) is 4.07. The molecule has 2 bridgehead atoms. The third-order valence-electron chi connectivity index (χ3n) is 4.68. The number of carbonyl (C=O) groups is 1. The Morgan fingerprint density at radius 2 is 2.17 bits per heavy atom. The molecule has 0 unspecified atom stereocenters. The summed E-state index contributed by atoms with van der Waals surface area (Å²) in [5.41, 5.74) is -0.275. The normalized spacial score (nSPS) is 27.1. The number of rotatable bonds is 5. The van der Waals surface area contributed by atoms with Crippen LogP contribution in [0.3, 0.4) is 0 Å². The van der Waals surface area contributed by atoms with E-state index in [1.165, 1.54) is 12.1 Å². The van der Waals surface area contributed by atoms with Gasteiger partial charge in [0.2, 0.25) is 11.8 Å². The van der Waals surface area contributed by atoms with E-state index in [0.29, 0.717) is 11.8 Å². The molecule has 0 saturated heterocycles. The molecule has 1 amide bonds. The van der Waals surface area contributed by atoms with Gasteiger partial charge in [0, 0.05) is 18.5 Å². The minimum absolute atomic E-state index is 0.0160. The molecule has 3 aliphatic rings. The number of halogens is 2. The van der Waals surface area contributed by atoms with Crippen molar-refractivity contribution in [3.63, 3.8) is 0 Å². The second kappa shape index (κ2) is 5.17. The average molecular weight is 352 g/mol. The first-order valence-electron chi connectivity index (χ1n) is 7.59. The lowest BCUT2D eigenvalue weighted by molar-refractivity contribution is -0.143. The van der Waals surface area contributed by atoms with Crippen LogP contribution in [0.1, 0.15) is 31.0 Å². The Morgan fingerprint density at radius 3 is 2.79 bits per heavy atom. The topological polar surface area (TPSA) is 77.2 Å². The molecule has 3 fully saturated rings. The number of amides is 1. The zero-order chi connectivity index (χ0) is 16.9. The molecule has 24 heavy (non-hydrogen) atoms. The lowest BCUT2D eigenvalue weighted by atomic mass is 9.39. The van der Waals surface area contributed by atoms with Crippen molar-refractivity contribution >= 4 is 17.5 Å². The quantitative estimate of drug-likeness (QED) is 0.895. The molecule has 8 heteroatoms. The van der Waals surface area contributed by atoms with E-state index >= 15 is 0 Å². The summed E-state index contributed by atoms with van der Waals surface area (Å²) >= 11 is 5.60. The van der Waals surface area contributed by atoms with Crippen LogP contribution in [0, 0.1) is 12.7 Å². The molecule has 0 spiro atoms. The van der Waals surface area contributed by atoms with Crippen LogP contribution in [-0.4, -0.2) is 28.3 Å². The summed E-state index contributed by atoms with van der Waals surface area (Å²) in [6.45, 7) is 1.59. The summed E-state index contributed by atoms with van der Waals surface area (Å²) in [5.74, 6) is 0.661. The minimum atomic E-state index is -0.578. The lowest BCUT2D eigenvalue weighted by Gasteiger charge is -2.68. The highest BCUT2D eigenvalue weighted by Crippen LogP contribution is 2.67. The Morgan fingerprint density at radius 1 is 1.42 bits per heavy atom. The fourth-order valence-corrected chi connectivity index (χ4v) is 3.82. The second-order valence-corrected chi connectivity index (χ2v) is 7.04. The van der Waals surface area contributed by atoms with Gasteiger partial charge in [-0.15, -0.1) is 10.2 Å². The molecule has 2 aromatic rings. The van der Waals surface area contributed by atoms with Crippen LogP contribution in [0.25, 0.3) is 0 Å². The van der Waals surface area contributed by atoms with Crippen LogP contribution in [0.5, 0.6) is 5.75 Å². The van der Waals surface area contributed by atoms with E-state index in [2.05, 4.69) is 15.5 Å². The molecule has 126 valence electrons. The van der Waals surface area contributed by atoms with Gasteiger partial charge in [0.05, 0.1) is 10.4 Å². The van der Waals surface area contributed by atoms with Gasteiger partial charge in [0.15, 0.2) is 6.61 Å². The van der Waals surface area contributed by atoms with Crippen LogP contribution < -0.4 is 10.1 Å². The fraction of sp³-hybridized carbons (Fsp3) is 0.438. The first-order valence-corrected chi connectivity index (χ1v) is 7.97. The van der Waals surface area contributed by atoms with Crippen molar-refractivity contribution in [1.82, 2.24) is 15.5 Å². The van der Waals surface area contributed by atoms with Crippen molar-refractivity contribution in [2.75, 3.05) is 6.61 Å². The summed E-state index contributed by atoms with van der Waals surface area (Å²) in [7, 11) is 0. The molecule has 0 aliphatic heterocycles. The third-order valence-corrected chi connectivity index (χ3v) is 4.98. The van der Waals surface area contributed by atoms with E-state index in [9.17, 15) is 9.18 Å². The zero-order valence-corrected chi connectivity index (χ0v) is 13.7. The number of aryl methyl sites for hydroxylation is 1. The van der Waals surface area contributed by atoms with E-state index in [4.69, 9.17) is 20.8 Å². The molecule has 5 rings (SSSR count). The Hall–Kier alpha value is -2.15. The number of nitrogens with zero attached hydrogens (tertiary/aromatic N) is 2. The highest BCUT2D eigenvalue weighted by atomic mass is 35.5. The Kier molecular flexibility index (Phi) is 3.32. The van der Waals surface area contributed by atoms with Crippen molar-refractivity contribution in [2.45, 2.75) is 37.1 Å². The number of nitrogens with one attached hydrogen (secondary N) is 1. The molecule has 6 nitrogen and oxygen atoms in total. The van der Waals surface area contributed by atoms with Gasteiger partial charge < -0.3 is 14.5 Å². The van der Waals surface area contributed by atoms with Gasteiger partial charge in [-0.1, -0.05) is 11.6 Å². The molecule has 0 radical (unpaired) electrons. The molecule has 1 heterocycles. The van der Waals surface area contributed by atoms with Crippen LogP contribution in [0.2, 0.25) is 5.02 Å². The zero-order valence-electron chi connectivity index (χ0n) is 12.9.